The maximum absolute atomic E-state index is 3.41. The minimum Gasteiger partial charge on any atom is -0.314 e. The minimum absolute atomic E-state index is 1.15. The van der Waals surface area contributed by atoms with E-state index in [1.54, 1.807) is 16.0 Å². The van der Waals surface area contributed by atoms with Crippen LogP contribution in [0.1, 0.15) is 11.1 Å². The lowest BCUT2D eigenvalue weighted by atomic mass is 10.1. The van der Waals surface area contributed by atoms with Gasteiger partial charge in [-0.2, -0.15) is 0 Å². The normalized spacial score (nSPS) is 20.5. The Hall–Kier alpha value is -0.510. The molecule has 0 unspecified atom stereocenters. The van der Waals surface area contributed by atoms with Gasteiger partial charge in [0.2, 0.25) is 0 Å². The van der Waals surface area contributed by atoms with Crippen molar-refractivity contribution in [2.75, 3.05) is 38.5 Å². The Morgan fingerprint density at radius 3 is 3.00 bits per heavy atom. The Morgan fingerprint density at radius 1 is 1.24 bits per heavy atom. The van der Waals surface area contributed by atoms with Crippen molar-refractivity contribution in [1.29, 1.82) is 0 Å². The van der Waals surface area contributed by atoms with E-state index in [2.05, 4.69) is 40.2 Å². The number of nitrogens with one attached hydrogen (secondary N) is 1. The highest BCUT2D eigenvalue weighted by molar-refractivity contribution is 7.99. The van der Waals surface area contributed by atoms with Gasteiger partial charge in [-0.15, -0.1) is 11.8 Å². The molecule has 0 spiro atoms. The molecule has 1 aromatic rings. The summed E-state index contributed by atoms with van der Waals surface area (Å²) in [6, 6.07) is 6.85. The fourth-order valence-corrected chi connectivity index (χ4v) is 3.93. The Balaban J connectivity index is 1.63. The number of fused-ring (bicyclic) bond motifs is 1. The lowest BCUT2D eigenvalue weighted by Crippen LogP contribution is -2.44. The van der Waals surface area contributed by atoms with E-state index in [-0.39, 0.29) is 0 Å². The summed E-state index contributed by atoms with van der Waals surface area (Å²) in [5.41, 5.74) is 3.15. The van der Waals surface area contributed by atoms with Crippen LogP contribution < -0.4 is 5.32 Å². The third-order valence-electron chi connectivity index (χ3n) is 3.70. The van der Waals surface area contributed by atoms with E-state index in [4.69, 9.17) is 0 Å². The van der Waals surface area contributed by atoms with Crippen LogP contribution in [0.3, 0.4) is 0 Å². The molecule has 1 N–H and O–H groups in total. The Labute approximate surface area is 108 Å². The van der Waals surface area contributed by atoms with Crippen molar-refractivity contribution in [2.45, 2.75) is 17.7 Å². The highest BCUT2D eigenvalue weighted by Gasteiger charge is 2.16. The van der Waals surface area contributed by atoms with E-state index in [1.165, 1.54) is 38.2 Å². The number of rotatable bonds is 3. The first-order chi connectivity index (χ1) is 8.43. The Morgan fingerprint density at radius 2 is 2.12 bits per heavy atom. The molecule has 1 fully saturated rings. The van der Waals surface area contributed by atoms with Gasteiger partial charge in [0.25, 0.3) is 0 Å². The molecule has 0 bridgehead atoms. The van der Waals surface area contributed by atoms with Crippen molar-refractivity contribution in [3.63, 3.8) is 0 Å². The Kier molecular flexibility index (Phi) is 3.69. The predicted molar refractivity (Wildman–Crippen MR) is 73.9 cm³/mol. The molecule has 2 nitrogen and oxygen atoms in total. The molecule has 17 heavy (non-hydrogen) atoms. The van der Waals surface area contributed by atoms with Crippen LogP contribution in [0.4, 0.5) is 0 Å². The SMILES string of the molecule is c1cc2c(c(CCN3CCNCC3)c1)SCC2. The summed E-state index contributed by atoms with van der Waals surface area (Å²) in [4.78, 5) is 4.16. The molecule has 2 heterocycles. The summed E-state index contributed by atoms with van der Waals surface area (Å²) in [6.45, 7) is 5.95. The van der Waals surface area contributed by atoms with Crippen LogP contribution in [0.2, 0.25) is 0 Å². The van der Waals surface area contributed by atoms with Gasteiger partial charge in [0.1, 0.15) is 0 Å². The second-order valence-electron chi connectivity index (χ2n) is 4.85. The fraction of sp³-hybridized carbons (Fsp3) is 0.571. The third kappa shape index (κ3) is 2.67. The number of aryl methyl sites for hydroxylation is 1. The molecule has 3 heteroatoms. The van der Waals surface area contributed by atoms with Crippen molar-refractivity contribution in [3.05, 3.63) is 29.3 Å². The molecule has 0 aromatic heterocycles. The molecular formula is C14H20N2S. The number of hydrogen-bond acceptors (Lipinski definition) is 3. The lowest BCUT2D eigenvalue weighted by molar-refractivity contribution is 0.243. The van der Waals surface area contributed by atoms with Gasteiger partial charge in [-0.1, -0.05) is 18.2 Å². The van der Waals surface area contributed by atoms with E-state index in [0.717, 1.165) is 13.1 Å². The molecule has 0 atom stereocenters. The van der Waals surface area contributed by atoms with E-state index < -0.39 is 0 Å². The number of nitrogens with zero attached hydrogens (tertiary/aromatic N) is 1. The van der Waals surface area contributed by atoms with Crippen LogP contribution in [0, 0.1) is 0 Å². The van der Waals surface area contributed by atoms with Gasteiger partial charge >= 0.3 is 0 Å². The summed E-state index contributed by atoms with van der Waals surface area (Å²) in [7, 11) is 0. The number of thioether (sulfide) groups is 1. The number of benzene rings is 1. The van der Waals surface area contributed by atoms with Crippen LogP contribution in [0.25, 0.3) is 0 Å². The maximum Gasteiger partial charge on any atom is 0.0137 e. The zero-order valence-electron chi connectivity index (χ0n) is 10.2. The number of piperazine rings is 1. The summed E-state index contributed by atoms with van der Waals surface area (Å²) < 4.78 is 0. The van der Waals surface area contributed by atoms with Crippen LogP contribution in [-0.2, 0) is 12.8 Å². The van der Waals surface area contributed by atoms with Crippen molar-refractivity contribution in [2.24, 2.45) is 0 Å². The van der Waals surface area contributed by atoms with Crippen molar-refractivity contribution >= 4 is 11.8 Å². The molecule has 92 valence electrons. The summed E-state index contributed by atoms with van der Waals surface area (Å²) in [5, 5.41) is 3.41. The van der Waals surface area contributed by atoms with E-state index in [9.17, 15) is 0 Å². The van der Waals surface area contributed by atoms with Gasteiger partial charge in [0.15, 0.2) is 0 Å². The smallest absolute Gasteiger partial charge is 0.0137 e. The first-order valence-corrected chi connectivity index (χ1v) is 7.59. The van der Waals surface area contributed by atoms with E-state index in [0.29, 0.717) is 0 Å². The first-order valence-electron chi connectivity index (χ1n) is 6.60. The topological polar surface area (TPSA) is 15.3 Å². The first kappa shape index (κ1) is 11.6. The highest BCUT2D eigenvalue weighted by atomic mass is 32.2. The molecule has 2 aliphatic heterocycles. The van der Waals surface area contributed by atoms with Crippen LogP contribution in [0.15, 0.2) is 23.1 Å². The molecule has 1 saturated heterocycles. The zero-order valence-corrected chi connectivity index (χ0v) is 11.1. The quantitative estimate of drug-likeness (QED) is 0.878. The summed E-state index contributed by atoms with van der Waals surface area (Å²) in [6.07, 6.45) is 2.48. The van der Waals surface area contributed by atoms with Gasteiger partial charge < -0.3 is 10.2 Å². The monoisotopic (exact) mass is 248 g/mol. The molecule has 0 amide bonds. The van der Waals surface area contributed by atoms with E-state index >= 15 is 0 Å². The molecule has 0 radical (unpaired) electrons. The molecule has 1 aromatic carbocycles. The largest absolute Gasteiger partial charge is 0.314 e. The second kappa shape index (κ2) is 5.42. The van der Waals surface area contributed by atoms with Gasteiger partial charge in [-0.3, -0.25) is 0 Å². The zero-order chi connectivity index (χ0) is 11.5. The van der Waals surface area contributed by atoms with Crippen molar-refractivity contribution in [3.8, 4) is 0 Å². The average molecular weight is 248 g/mol. The second-order valence-corrected chi connectivity index (χ2v) is 5.95. The molecule has 0 saturated carbocycles. The van der Waals surface area contributed by atoms with E-state index in [1.807, 2.05) is 0 Å². The van der Waals surface area contributed by atoms with Crippen molar-refractivity contribution in [1.82, 2.24) is 10.2 Å². The third-order valence-corrected chi connectivity index (χ3v) is 4.92. The Bertz CT molecular complexity index is 386. The van der Waals surface area contributed by atoms with Gasteiger partial charge in [0, 0.05) is 43.4 Å². The van der Waals surface area contributed by atoms with Gasteiger partial charge in [0.05, 0.1) is 0 Å². The molecule has 0 aliphatic carbocycles. The van der Waals surface area contributed by atoms with Crippen LogP contribution in [-0.4, -0.2) is 43.4 Å². The number of hydrogen-bond donors (Lipinski definition) is 1. The van der Waals surface area contributed by atoms with Crippen LogP contribution in [0.5, 0.6) is 0 Å². The maximum atomic E-state index is 3.41. The summed E-state index contributed by atoms with van der Waals surface area (Å²) >= 11 is 2.05. The molecule has 2 aliphatic rings. The van der Waals surface area contributed by atoms with Gasteiger partial charge in [-0.25, -0.2) is 0 Å². The summed E-state index contributed by atoms with van der Waals surface area (Å²) in [5.74, 6) is 1.28. The lowest BCUT2D eigenvalue weighted by Gasteiger charge is -2.27. The molecular weight excluding hydrogens is 228 g/mol. The molecule has 3 rings (SSSR count). The highest BCUT2D eigenvalue weighted by Crippen LogP contribution is 2.34. The standard InChI is InChI=1S/C14H20N2S/c1-2-12(14-13(3-1)5-11-17-14)4-8-16-9-6-15-7-10-16/h1-3,15H,4-11H2. The fourth-order valence-electron chi connectivity index (χ4n) is 2.69. The minimum atomic E-state index is 1.15. The average Bonchev–Trinajstić information content (AvgIpc) is 2.86. The predicted octanol–water partition coefficient (Wildman–Crippen LogP) is 1.78. The van der Waals surface area contributed by atoms with Crippen molar-refractivity contribution < 1.29 is 0 Å². The van der Waals surface area contributed by atoms with Gasteiger partial charge in [-0.05, 0) is 24.0 Å². The van der Waals surface area contributed by atoms with Crippen LogP contribution >= 0.6 is 11.8 Å².